The van der Waals surface area contributed by atoms with E-state index < -0.39 is 41.3 Å². The van der Waals surface area contributed by atoms with E-state index in [1.54, 1.807) is 7.11 Å². The van der Waals surface area contributed by atoms with Gasteiger partial charge in [0.05, 0.1) is 18.1 Å². The van der Waals surface area contributed by atoms with E-state index in [4.69, 9.17) is 28.4 Å². The van der Waals surface area contributed by atoms with Crippen LogP contribution in [0.3, 0.4) is 0 Å². The van der Waals surface area contributed by atoms with Crippen LogP contribution in [-0.2, 0) is 33.2 Å². The summed E-state index contributed by atoms with van der Waals surface area (Å²) in [5.74, 6) is -3.33. The Hall–Kier alpha value is -1.03. The molecule has 0 aromatic carbocycles. The van der Waals surface area contributed by atoms with Gasteiger partial charge >= 0.3 is 0 Å². The van der Waals surface area contributed by atoms with Crippen molar-refractivity contribution >= 4 is 5.91 Å². The number of fused-ring (bicyclic) bond motifs is 7. The van der Waals surface area contributed by atoms with Crippen LogP contribution >= 0.6 is 0 Å². The Morgan fingerprint density at radius 1 is 1.07 bits per heavy atom. The monoisotopic (exact) mass is 393 g/mol. The molecule has 0 aromatic heterocycles. The quantitative estimate of drug-likeness (QED) is 0.661. The van der Waals surface area contributed by atoms with Gasteiger partial charge in [-0.25, -0.2) is 0 Å². The lowest BCUT2D eigenvalue weighted by Gasteiger charge is -2.56. The molecule has 1 saturated carbocycles. The van der Waals surface area contributed by atoms with Crippen LogP contribution in [0.4, 0.5) is 0 Å². The summed E-state index contributed by atoms with van der Waals surface area (Å²) in [7, 11) is 1.61. The number of methoxy groups -OCH3 is 1. The summed E-state index contributed by atoms with van der Waals surface area (Å²) >= 11 is 0. The number of amides is 1. The van der Waals surface area contributed by atoms with E-state index in [2.05, 4.69) is 17.5 Å². The Bertz CT molecular complexity index is 781. The van der Waals surface area contributed by atoms with E-state index in [0.29, 0.717) is 6.42 Å². The number of nitrogens with one attached hydrogen (secondary N) is 1. The summed E-state index contributed by atoms with van der Waals surface area (Å²) in [5.41, 5.74) is -0.739. The maximum atomic E-state index is 13.0. The SMILES string of the molecule is CO[C@@]12OC(C)(C)O[C@@H]1[C@H]1[C@@H](NC(=O)[C@@H]3C[C@H]4C=C[C@@]13O4)[C@@H]1OC(C)(C)O[C@@H]12. The number of carbonyl (C=O) groups is 1. The average Bonchev–Trinajstić information content (AvgIpc) is 3.32. The normalized spacial score (nSPS) is 56.8. The second kappa shape index (κ2) is 4.99. The molecular formula is C20H27NO7. The van der Waals surface area contributed by atoms with Crippen molar-refractivity contribution in [2.45, 2.75) is 87.5 Å². The van der Waals surface area contributed by atoms with Gasteiger partial charge in [0.15, 0.2) is 11.6 Å². The number of carbonyl (C=O) groups excluding carboxylic acids is 1. The van der Waals surface area contributed by atoms with Crippen molar-refractivity contribution in [1.29, 1.82) is 0 Å². The third-order valence-electron chi connectivity index (χ3n) is 7.21. The van der Waals surface area contributed by atoms with E-state index in [9.17, 15) is 4.79 Å². The van der Waals surface area contributed by atoms with Gasteiger partial charge in [0.2, 0.25) is 11.7 Å². The van der Waals surface area contributed by atoms with Gasteiger partial charge < -0.3 is 33.7 Å². The van der Waals surface area contributed by atoms with E-state index in [1.807, 2.05) is 27.7 Å². The summed E-state index contributed by atoms with van der Waals surface area (Å²) in [5, 5.41) is 3.21. The Kier molecular flexibility index (Phi) is 3.17. The molecule has 1 aliphatic carbocycles. The fraction of sp³-hybridized carbons (Fsp3) is 0.850. The highest BCUT2D eigenvalue weighted by Gasteiger charge is 2.78. The molecule has 5 fully saturated rings. The first-order valence-electron chi connectivity index (χ1n) is 10.1. The zero-order valence-electron chi connectivity index (χ0n) is 16.8. The van der Waals surface area contributed by atoms with Gasteiger partial charge in [-0.15, -0.1) is 0 Å². The van der Waals surface area contributed by atoms with Crippen molar-refractivity contribution in [3.63, 3.8) is 0 Å². The molecule has 0 aromatic rings. The molecule has 154 valence electrons. The molecule has 8 heteroatoms. The molecular weight excluding hydrogens is 366 g/mol. The number of hydrogen-bond acceptors (Lipinski definition) is 7. The van der Waals surface area contributed by atoms with Crippen molar-refractivity contribution in [3.05, 3.63) is 12.2 Å². The molecule has 6 rings (SSSR count). The molecule has 5 aliphatic heterocycles. The van der Waals surface area contributed by atoms with Crippen LogP contribution < -0.4 is 5.32 Å². The molecule has 4 saturated heterocycles. The van der Waals surface area contributed by atoms with Crippen LogP contribution in [0.2, 0.25) is 0 Å². The number of hydrogen-bond donors (Lipinski definition) is 1. The topological polar surface area (TPSA) is 84.5 Å². The van der Waals surface area contributed by atoms with Crippen molar-refractivity contribution < 1.29 is 33.2 Å². The molecule has 5 heterocycles. The van der Waals surface area contributed by atoms with Crippen molar-refractivity contribution in [1.82, 2.24) is 5.32 Å². The lowest BCUT2D eigenvalue weighted by atomic mass is 9.60. The maximum Gasteiger partial charge on any atom is 0.227 e. The summed E-state index contributed by atoms with van der Waals surface area (Å²) < 4.78 is 37.8. The minimum absolute atomic E-state index is 0.00301. The summed E-state index contributed by atoms with van der Waals surface area (Å²) in [6, 6.07) is -0.331. The van der Waals surface area contributed by atoms with Crippen LogP contribution in [0.25, 0.3) is 0 Å². The largest absolute Gasteiger partial charge is 0.362 e. The first-order valence-corrected chi connectivity index (χ1v) is 10.1. The first kappa shape index (κ1) is 17.8. The molecule has 6 aliphatic rings. The highest BCUT2D eigenvalue weighted by molar-refractivity contribution is 5.83. The highest BCUT2D eigenvalue weighted by atomic mass is 16.9. The van der Waals surface area contributed by atoms with Gasteiger partial charge in [-0.3, -0.25) is 4.79 Å². The van der Waals surface area contributed by atoms with Crippen LogP contribution in [0.15, 0.2) is 12.2 Å². The van der Waals surface area contributed by atoms with Gasteiger partial charge in [-0.1, -0.05) is 12.2 Å². The van der Waals surface area contributed by atoms with Crippen molar-refractivity contribution in [2.24, 2.45) is 11.8 Å². The number of ether oxygens (including phenoxy) is 6. The smallest absolute Gasteiger partial charge is 0.227 e. The first-order chi connectivity index (χ1) is 13.1. The molecule has 2 bridgehead atoms. The zero-order chi connectivity index (χ0) is 19.7. The van der Waals surface area contributed by atoms with Crippen molar-refractivity contribution in [2.75, 3.05) is 7.11 Å². The summed E-state index contributed by atoms with van der Waals surface area (Å²) in [6.45, 7) is 7.47. The second-order valence-corrected chi connectivity index (χ2v) is 9.70. The lowest BCUT2D eigenvalue weighted by Crippen LogP contribution is -2.78. The Labute approximate surface area is 163 Å². The Morgan fingerprint density at radius 2 is 1.82 bits per heavy atom. The fourth-order valence-corrected chi connectivity index (χ4v) is 6.46. The highest BCUT2D eigenvalue weighted by Crippen LogP contribution is 2.61. The lowest BCUT2D eigenvalue weighted by molar-refractivity contribution is -0.313. The molecule has 0 radical (unpaired) electrons. The number of piperidine rings is 1. The van der Waals surface area contributed by atoms with Crippen molar-refractivity contribution in [3.8, 4) is 0 Å². The van der Waals surface area contributed by atoms with E-state index >= 15 is 0 Å². The molecule has 1 spiro atoms. The van der Waals surface area contributed by atoms with Gasteiger partial charge in [0.1, 0.15) is 23.9 Å². The zero-order valence-corrected chi connectivity index (χ0v) is 16.8. The fourth-order valence-electron chi connectivity index (χ4n) is 6.46. The van der Waals surface area contributed by atoms with Crippen LogP contribution in [0, 0.1) is 11.8 Å². The third-order valence-corrected chi connectivity index (χ3v) is 7.21. The van der Waals surface area contributed by atoms with E-state index in [0.717, 1.165) is 0 Å². The molecule has 0 unspecified atom stereocenters. The summed E-state index contributed by atoms with van der Waals surface area (Å²) in [6.07, 6.45) is 3.28. The molecule has 1 N–H and O–H groups in total. The minimum Gasteiger partial charge on any atom is -0.362 e. The molecule has 28 heavy (non-hydrogen) atoms. The van der Waals surface area contributed by atoms with Gasteiger partial charge in [0.25, 0.3) is 0 Å². The Morgan fingerprint density at radius 3 is 2.54 bits per heavy atom. The van der Waals surface area contributed by atoms with Gasteiger partial charge in [0, 0.05) is 13.0 Å². The minimum atomic E-state index is -1.15. The molecule has 9 atom stereocenters. The van der Waals surface area contributed by atoms with Gasteiger partial charge in [-0.2, -0.15) is 0 Å². The van der Waals surface area contributed by atoms with E-state index in [1.165, 1.54) is 0 Å². The van der Waals surface area contributed by atoms with Crippen LogP contribution in [0.5, 0.6) is 0 Å². The standard InChI is InChI=1S/C20H27NO7/c1-17(2)25-13-12-11(19-7-6-9(24-19)8-10(19)16(22)21-12)14-20(23-5,15(13)27-17)28-18(3,4)26-14/h6-7,9-15H,8H2,1-5H3,(H,21,22)/t9-,10+,11-,12-,13+,14-,15+,19+,20-/m1/s1. The van der Waals surface area contributed by atoms with Crippen LogP contribution in [-0.4, -0.2) is 66.4 Å². The van der Waals surface area contributed by atoms with E-state index in [-0.39, 0.29) is 29.9 Å². The predicted octanol–water partition coefficient (Wildman–Crippen LogP) is 0.843. The second-order valence-electron chi connectivity index (χ2n) is 9.70. The Balaban J connectivity index is 1.54. The third kappa shape index (κ3) is 1.94. The van der Waals surface area contributed by atoms with Crippen LogP contribution in [0.1, 0.15) is 34.1 Å². The predicted molar refractivity (Wildman–Crippen MR) is 93.9 cm³/mol. The summed E-state index contributed by atoms with van der Waals surface area (Å²) in [4.78, 5) is 13.0. The average molecular weight is 393 g/mol. The molecule has 8 nitrogen and oxygen atoms in total. The maximum absolute atomic E-state index is 13.0. The number of rotatable bonds is 1. The molecule has 1 amide bonds. The van der Waals surface area contributed by atoms with Gasteiger partial charge in [-0.05, 0) is 34.1 Å².